The van der Waals surface area contributed by atoms with Gasteiger partial charge in [0.2, 0.25) is 0 Å². The Labute approximate surface area is 225 Å². The molecular weight excluding hydrogens is 493 g/mol. The normalized spacial score (nSPS) is 15.1. The van der Waals surface area contributed by atoms with Crippen LogP contribution in [0.1, 0.15) is 32.6 Å². The van der Waals surface area contributed by atoms with E-state index in [1.54, 1.807) is 61.2 Å². The van der Waals surface area contributed by atoms with Crippen LogP contribution < -0.4 is 5.32 Å². The minimum absolute atomic E-state index is 0.0739. The second-order valence-corrected chi connectivity index (χ2v) is 9.38. The van der Waals surface area contributed by atoms with Crippen molar-refractivity contribution in [2.75, 3.05) is 0 Å². The van der Waals surface area contributed by atoms with Gasteiger partial charge in [-0.25, -0.2) is 4.39 Å². The van der Waals surface area contributed by atoms with Crippen LogP contribution in [0.25, 0.3) is 0 Å². The fourth-order valence-electron chi connectivity index (χ4n) is 4.74. The summed E-state index contributed by atoms with van der Waals surface area (Å²) in [4.78, 5) is 37.2. The van der Waals surface area contributed by atoms with Crippen LogP contribution in [0.3, 0.4) is 0 Å². The fraction of sp³-hybridized carbons (Fsp3) is 0.129. The first-order valence-electron chi connectivity index (χ1n) is 12.3. The SMILES string of the molecule is N#Cc1ccc(C(=O)/C=C2\NC(Cc3ccncc3)(Cc3ccncc3)C(=O)N2Cc2cccc(F)c2)cc1. The van der Waals surface area contributed by atoms with Gasteiger partial charge in [-0.05, 0) is 77.4 Å². The van der Waals surface area contributed by atoms with Gasteiger partial charge in [-0.1, -0.05) is 12.1 Å². The van der Waals surface area contributed by atoms with E-state index in [9.17, 15) is 14.0 Å². The highest BCUT2D eigenvalue weighted by molar-refractivity contribution is 6.06. The number of allylic oxidation sites excluding steroid dienone is 1. The third kappa shape index (κ3) is 5.73. The highest BCUT2D eigenvalue weighted by Crippen LogP contribution is 2.32. The van der Waals surface area contributed by atoms with Crippen molar-refractivity contribution in [3.05, 3.63) is 143 Å². The Bertz CT molecular complexity index is 1520. The largest absolute Gasteiger partial charge is 0.357 e. The van der Waals surface area contributed by atoms with Crippen LogP contribution >= 0.6 is 0 Å². The quantitative estimate of drug-likeness (QED) is 0.275. The van der Waals surface area contributed by atoms with Gasteiger partial charge in [0, 0.05) is 49.3 Å². The number of carbonyl (C=O) groups excluding carboxylic acids is 2. The fourth-order valence-corrected chi connectivity index (χ4v) is 4.74. The molecule has 8 heteroatoms. The maximum Gasteiger partial charge on any atom is 0.254 e. The van der Waals surface area contributed by atoms with Crippen LogP contribution in [0.4, 0.5) is 4.39 Å². The van der Waals surface area contributed by atoms with Gasteiger partial charge in [0.05, 0.1) is 18.2 Å². The first-order valence-corrected chi connectivity index (χ1v) is 12.3. The standard InChI is InChI=1S/C31H24FN5O2/c32-27-3-1-2-25(16-27)21-37-29(17-28(38)26-6-4-24(20-33)5-7-26)36-31(30(37)39,18-22-8-12-34-13-9-22)19-23-10-14-35-15-11-23/h1-17,36H,18-19,21H2/b29-17+. The monoisotopic (exact) mass is 517 g/mol. The van der Waals surface area contributed by atoms with Crippen LogP contribution in [0.5, 0.6) is 0 Å². The van der Waals surface area contributed by atoms with E-state index in [1.807, 2.05) is 30.3 Å². The van der Waals surface area contributed by atoms with E-state index in [4.69, 9.17) is 5.26 Å². The highest BCUT2D eigenvalue weighted by Gasteiger charge is 2.49. The Kier molecular flexibility index (Phi) is 7.23. The molecule has 7 nitrogen and oxygen atoms in total. The van der Waals surface area contributed by atoms with Crippen molar-refractivity contribution < 1.29 is 14.0 Å². The maximum atomic E-state index is 14.3. The summed E-state index contributed by atoms with van der Waals surface area (Å²) in [6.07, 6.45) is 8.74. The molecule has 2 aromatic carbocycles. The third-order valence-electron chi connectivity index (χ3n) is 6.62. The first kappa shape index (κ1) is 25.5. The Balaban J connectivity index is 1.57. The van der Waals surface area contributed by atoms with Gasteiger partial charge in [0.1, 0.15) is 17.2 Å². The lowest BCUT2D eigenvalue weighted by molar-refractivity contribution is -0.132. The number of carbonyl (C=O) groups is 2. The molecule has 0 atom stereocenters. The lowest BCUT2D eigenvalue weighted by Gasteiger charge is -2.28. The smallest absolute Gasteiger partial charge is 0.254 e. The maximum absolute atomic E-state index is 14.3. The Morgan fingerprint density at radius 2 is 1.54 bits per heavy atom. The Morgan fingerprint density at radius 1 is 0.923 bits per heavy atom. The van der Waals surface area contributed by atoms with Crippen molar-refractivity contribution in [2.24, 2.45) is 0 Å². The van der Waals surface area contributed by atoms with Gasteiger partial charge in [0.25, 0.3) is 5.91 Å². The van der Waals surface area contributed by atoms with E-state index >= 15 is 0 Å². The van der Waals surface area contributed by atoms with Crippen molar-refractivity contribution >= 4 is 11.7 Å². The number of hydrogen-bond acceptors (Lipinski definition) is 6. The summed E-state index contributed by atoms with van der Waals surface area (Å²) < 4.78 is 14.0. The Hall–Kier alpha value is -5.16. The van der Waals surface area contributed by atoms with E-state index < -0.39 is 11.4 Å². The predicted molar refractivity (Wildman–Crippen MR) is 142 cm³/mol. The van der Waals surface area contributed by atoms with Gasteiger partial charge in [-0.3, -0.25) is 24.5 Å². The number of nitriles is 1. The summed E-state index contributed by atoms with van der Waals surface area (Å²) in [5, 5.41) is 12.5. The molecular formula is C31H24FN5O2. The van der Waals surface area contributed by atoms with E-state index in [-0.39, 0.29) is 18.2 Å². The summed E-state index contributed by atoms with van der Waals surface area (Å²) in [6, 6.07) is 21.8. The summed E-state index contributed by atoms with van der Waals surface area (Å²) in [6.45, 7) is 0.0739. The van der Waals surface area contributed by atoms with E-state index in [1.165, 1.54) is 23.1 Å². The number of rotatable bonds is 8. The van der Waals surface area contributed by atoms with Crippen molar-refractivity contribution in [1.82, 2.24) is 20.2 Å². The zero-order valence-electron chi connectivity index (χ0n) is 20.9. The third-order valence-corrected chi connectivity index (χ3v) is 6.62. The minimum Gasteiger partial charge on any atom is -0.357 e. The van der Waals surface area contributed by atoms with E-state index in [0.29, 0.717) is 35.4 Å². The molecule has 4 aromatic rings. The molecule has 192 valence electrons. The molecule has 1 amide bonds. The summed E-state index contributed by atoms with van der Waals surface area (Å²) in [5.41, 5.74) is 2.07. The number of amides is 1. The average molecular weight is 518 g/mol. The second-order valence-electron chi connectivity index (χ2n) is 9.38. The molecule has 0 bridgehead atoms. The summed E-state index contributed by atoms with van der Waals surface area (Å²) >= 11 is 0. The van der Waals surface area contributed by atoms with Crippen LogP contribution in [0, 0.1) is 17.1 Å². The van der Waals surface area contributed by atoms with Crippen molar-refractivity contribution in [2.45, 2.75) is 24.9 Å². The summed E-state index contributed by atoms with van der Waals surface area (Å²) in [7, 11) is 0. The molecule has 5 rings (SSSR count). The molecule has 1 N–H and O–H groups in total. The molecule has 0 spiro atoms. The lowest BCUT2D eigenvalue weighted by Crippen LogP contribution is -2.50. The molecule has 1 aliphatic rings. The molecule has 0 radical (unpaired) electrons. The second kappa shape index (κ2) is 11.1. The number of aromatic nitrogens is 2. The molecule has 0 unspecified atom stereocenters. The molecule has 2 aromatic heterocycles. The average Bonchev–Trinajstić information content (AvgIpc) is 3.19. The van der Waals surface area contributed by atoms with Crippen molar-refractivity contribution in [3.63, 3.8) is 0 Å². The zero-order chi connectivity index (χ0) is 27.2. The van der Waals surface area contributed by atoms with Crippen molar-refractivity contribution in [3.8, 4) is 6.07 Å². The minimum atomic E-state index is -1.12. The molecule has 3 heterocycles. The number of nitrogens with one attached hydrogen (secondary N) is 1. The molecule has 1 fully saturated rings. The van der Waals surface area contributed by atoms with Gasteiger partial charge < -0.3 is 5.32 Å². The lowest BCUT2D eigenvalue weighted by atomic mass is 9.85. The predicted octanol–water partition coefficient (Wildman–Crippen LogP) is 4.37. The number of nitrogens with zero attached hydrogens (tertiary/aromatic N) is 4. The van der Waals surface area contributed by atoms with Gasteiger partial charge >= 0.3 is 0 Å². The summed E-state index contributed by atoms with van der Waals surface area (Å²) in [5.74, 6) is -0.658. The number of halogens is 1. The number of hydrogen-bond donors (Lipinski definition) is 1. The molecule has 1 aliphatic heterocycles. The van der Waals surface area contributed by atoms with Gasteiger partial charge in [-0.15, -0.1) is 0 Å². The number of ketones is 1. The number of benzene rings is 2. The van der Waals surface area contributed by atoms with Crippen LogP contribution in [0.15, 0.2) is 109 Å². The molecule has 0 saturated carbocycles. The molecule has 1 saturated heterocycles. The van der Waals surface area contributed by atoms with Crippen molar-refractivity contribution in [1.29, 1.82) is 5.26 Å². The van der Waals surface area contributed by atoms with Gasteiger partial charge in [0.15, 0.2) is 5.78 Å². The topological polar surface area (TPSA) is 99.0 Å². The van der Waals surface area contributed by atoms with Crippen LogP contribution in [-0.2, 0) is 24.2 Å². The Morgan fingerprint density at radius 3 is 2.10 bits per heavy atom. The van der Waals surface area contributed by atoms with E-state index in [2.05, 4.69) is 15.3 Å². The highest BCUT2D eigenvalue weighted by atomic mass is 19.1. The van der Waals surface area contributed by atoms with E-state index in [0.717, 1.165) is 11.1 Å². The van der Waals surface area contributed by atoms with Crippen LogP contribution in [0.2, 0.25) is 0 Å². The molecule has 0 aliphatic carbocycles. The number of pyridine rings is 2. The first-order chi connectivity index (χ1) is 19.0. The zero-order valence-corrected chi connectivity index (χ0v) is 20.9. The van der Waals surface area contributed by atoms with Gasteiger partial charge in [-0.2, -0.15) is 5.26 Å². The molecule has 39 heavy (non-hydrogen) atoms. The van der Waals surface area contributed by atoms with Crippen LogP contribution in [-0.4, -0.2) is 32.1 Å².